The van der Waals surface area contributed by atoms with Crippen LogP contribution in [-0.2, 0) is 10.7 Å². The molecule has 1 fully saturated rings. The van der Waals surface area contributed by atoms with Gasteiger partial charge < -0.3 is 9.64 Å². The fourth-order valence-electron chi connectivity index (χ4n) is 2.59. The van der Waals surface area contributed by atoms with Crippen LogP contribution in [0.15, 0.2) is 18.3 Å². The van der Waals surface area contributed by atoms with Crippen molar-refractivity contribution in [3.05, 3.63) is 29.6 Å². The molecule has 0 atom stereocenters. The number of carbonyl (C=O) groups is 1. The summed E-state index contributed by atoms with van der Waals surface area (Å²) in [5, 5.41) is 0. The maximum absolute atomic E-state index is 13.2. The Labute approximate surface area is 135 Å². The molecule has 1 aliphatic heterocycles. The highest BCUT2D eigenvalue weighted by atomic mass is 19.3. The van der Waals surface area contributed by atoms with Crippen molar-refractivity contribution in [2.45, 2.75) is 58.0 Å². The highest BCUT2D eigenvalue weighted by molar-refractivity contribution is 5.68. The summed E-state index contributed by atoms with van der Waals surface area (Å²) >= 11 is 0. The average molecular weight is 326 g/mol. The molecule has 0 unspecified atom stereocenters. The summed E-state index contributed by atoms with van der Waals surface area (Å²) in [5.74, 6) is -2.68. The van der Waals surface area contributed by atoms with Crippen LogP contribution in [-0.4, -0.2) is 34.7 Å². The zero-order valence-electron chi connectivity index (χ0n) is 14.1. The lowest BCUT2D eigenvalue weighted by molar-refractivity contribution is 0.0165. The lowest BCUT2D eigenvalue weighted by atomic mass is 9.93. The number of halogens is 2. The second-order valence-corrected chi connectivity index (χ2v) is 7.10. The highest BCUT2D eigenvalue weighted by Crippen LogP contribution is 2.30. The van der Waals surface area contributed by atoms with Gasteiger partial charge in [0.15, 0.2) is 0 Å². The van der Waals surface area contributed by atoms with Gasteiger partial charge in [-0.2, -0.15) is 0 Å². The standard InChI is InChI=1S/C17H24F2N2O2/c1-16(2,3)23-15(22)21-9-7-12(8-10-21)14-6-5-13(11-20-14)17(4,18)19/h5-6,11-12H,7-10H2,1-4H3. The zero-order chi connectivity index (χ0) is 17.3. The van der Waals surface area contributed by atoms with Gasteiger partial charge in [0, 0.05) is 43.4 Å². The largest absolute Gasteiger partial charge is 0.444 e. The van der Waals surface area contributed by atoms with Gasteiger partial charge >= 0.3 is 6.09 Å². The van der Waals surface area contributed by atoms with Gasteiger partial charge in [-0.1, -0.05) is 0 Å². The van der Waals surface area contributed by atoms with E-state index >= 15 is 0 Å². The molecule has 4 nitrogen and oxygen atoms in total. The zero-order valence-corrected chi connectivity index (χ0v) is 14.1. The Morgan fingerprint density at radius 3 is 2.26 bits per heavy atom. The number of nitrogens with zero attached hydrogens (tertiary/aromatic N) is 2. The van der Waals surface area contributed by atoms with Crippen LogP contribution in [0.25, 0.3) is 0 Å². The minimum Gasteiger partial charge on any atom is -0.444 e. The Morgan fingerprint density at radius 2 is 1.83 bits per heavy atom. The summed E-state index contributed by atoms with van der Waals surface area (Å²) < 4.78 is 31.8. The van der Waals surface area contributed by atoms with Crippen molar-refractivity contribution in [2.24, 2.45) is 0 Å². The van der Waals surface area contributed by atoms with Crippen molar-refractivity contribution in [1.29, 1.82) is 0 Å². The summed E-state index contributed by atoms with van der Waals surface area (Å²) in [4.78, 5) is 17.9. The summed E-state index contributed by atoms with van der Waals surface area (Å²) in [6.45, 7) is 7.56. The van der Waals surface area contributed by atoms with Crippen LogP contribution < -0.4 is 0 Å². The molecule has 1 aromatic heterocycles. The summed E-state index contributed by atoms with van der Waals surface area (Å²) in [6, 6.07) is 3.10. The number of amides is 1. The summed E-state index contributed by atoms with van der Waals surface area (Å²) in [7, 11) is 0. The molecule has 0 N–H and O–H groups in total. The van der Waals surface area contributed by atoms with Crippen molar-refractivity contribution in [3.8, 4) is 0 Å². The predicted octanol–water partition coefficient (Wildman–Crippen LogP) is 4.31. The number of aromatic nitrogens is 1. The molecular formula is C17H24F2N2O2. The van der Waals surface area contributed by atoms with E-state index in [0.29, 0.717) is 13.1 Å². The fraction of sp³-hybridized carbons (Fsp3) is 0.647. The average Bonchev–Trinajstić information content (AvgIpc) is 2.45. The van der Waals surface area contributed by atoms with Crippen LogP contribution in [0.2, 0.25) is 0 Å². The molecule has 2 heterocycles. The lowest BCUT2D eigenvalue weighted by Crippen LogP contribution is -2.41. The minimum absolute atomic E-state index is 0.0764. The number of hydrogen-bond donors (Lipinski definition) is 0. The topological polar surface area (TPSA) is 42.4 Å². The van der Waals surface area contributed by atoms with Gasteiger partial charge in [-0.05, 0) is 45.7 Å². The maximum Gasteiger partial charge on any atom is 0.410 e. The molecule has 1 aliphatic rings. The molecule has 128 valence electrons. The number of carbonyl (C=O) groups excluding carboxylic acids is 1. The van der Waals surface area contributed by atoms with Crippen molar-refractivity contribution >= 4 is 6.09 Å². The van der Waals surface area contributed by atoms with E-state index in [2.05, 4.69) is 4.98 Å². The number of hydrogen-bond acceptors (Lipinski definition) is 3. The summed E-state index contributed by atoms with van der Waals surface area (Å²) in [5.41, 5.74) is 0.228. The molecular weight excluding hydrogens is 302 g/mol. The molecule has 23 heavy (non-hydrogen) atoms. The lowest BCUT2D eigenvalue weighted by Gasteiger charge is -2.33. The Hall–Kier alpha value is -1.72. The Morgan fingerprint density at radius 1 is 1.22 bits per heavy atom. The fourth-order valence-corrected chi connectivity index (χ4v) is 2.59. The monoisotopic (exact) mass is 326 g/mol. The Bertz CT molecular complexity index is 539. The minimum atomic E-state index is -2.87. The van der Waals surface area contributed by atoms with Crippen LogP contribution in [0.1, 0.15) is 57.7 Å². The van der Waals surface area contributed by atoms with Crippen molar-refractivity contribution in [3.63, 3.8) is 0 Å². The molecule has 0 bridgehead atoms. The first-order valence-corrected chi connectivity index (χ1v) is 7.88. The number of ether oxygens (including phenoxy) is 1. The first-order valence-electron chi connectivity index (χ1n) is 7.88. The van der Waals surface area contributed by atoms with E-state index in [1.54, 1.807) is 11.0 Å². The number of piperidine rings is 1. The van der Waals surface area contributed by atoms with Crippen LogP contribution >= 0.6 is 0 Å². The third-order valence-electron chi connectivity index (χ3n) is 3.86. The Kier molecular flexibility index (Phi) is 4.92. The van der Waals surface area contributed by atoms with Gasteiger partial charge in [0.2, 0.25) is 0 Å². The SMILES string of the molecule is CC(C)(C)OC(=O)N1CCC(c2ccc(C(C)(F)F)cn2)CC1. The van der Waals surface area contributed by atoms with Crippen LogP contribution in [0.3, 0.4) is 0 Å². The van der Waals surface area contributed by atoms with Crippen LogP contribution in [0.4, 0.5) is 13.6 Å². The third kappa shape index (κ3) is 4.88. The van der Waals surface area contributed by atoms with E-state index in [1.165, 1.54) is 12.3 Å². The normalized spacial score (nSPS) is 17.2. The molecule has 0 spiro atoms. The van der Waals surface area contributed by atoms with Crippen molar-refractivity contribution < 1.29 is 18.3 Å². The second-order valence-electron chi connectivity index (χ2n) is 7.10. The summed E-state index contributed by atoms with van der Waals surface area (Å²) in [6.07, 6.45) is 2.46. The van der Waals surface area contributed by atoms with Gasteiger partial charge in [0.1, 0.15) is 5.60 Å². The van der Waals surface area contributed by atoms with Gasteiger partial charge in [0.05, 0.1) is 0 Å². The predicted molar refractivity (Wildman–Crippen MR) is 83.6 cm³/mol. The van der Waals surface area contributed by atoms with Crippen LogP contribution in [0.5, 0.6) is 0 Å². The van der Waals surface area contributed by atoms with Gasteiger partial charge in [-0.15, -0.1) is 0 Å². The molecule has 1 amide bonds. The molecule has 0 radical (unpaired) electrons. The molecule has 2 rings (SSSR count). The molecule has 1 saturated heterocycles. The van der Waals surface area contributed by atoms with Crippen molar-refractivity contribution in [2.75, 3.05) is 13.1 Å². The molecule has 1 aromatic rings. The molecule has 0 saturated carbocycles. The number of likely N-dealkylation sites (tertiary alicyclic amines) is 1. The quantitative estimate of drug-likeness (QED) is 0.813. The maximum atomic E-state index is 13.2. The number of pyridine rings is 1. The number of alkyl halides is 2. The second kappa shape index (κ2) is 6.42. The van der Waals surface area contributed by atoms with Gasteiger partial charge in [-0.3, -0.25) is 4.98 Å². The number of rotatable bonds is 2. The Balaban J connectivity index is 1.93. The highest BCUT2D eigenvalue weighted by Gasteiger charge is 2.29. The third-order valence-corrected chi connectivity index (χ3v) is 3.86. The van der Waals surface area contributed by atoms with E-state index in [9.17, 15) is 13.6 Å². The molecule has 0 aromatic carbocycles. The van der Waals surface area contributed by atoms with Crippen molar-refractivity contribution in [1.82, 2.24) is 9.88 Å². The molecule has 6 heteroatoms. The van der Waals surface area contributed by atoms with Crippen LogP contribution in [0, 0.1) is 0 Å². The van der Waals surface area contributed by atoms with E-state index in [1.807, 2.05) is 20.8 Å². The van der Waals surface area contributed by atoms with E-state index in [-0.39, 0.29) is 17.6 Å². The molecule has 0 aliphatic carbocycles. The first kappa shape index (κ1) is 17.6. The van der Waals surface area contributed by atoms with Gasteiger partial charge in [-0.25, -0.2) is 13.6 Å². The smallest absolute Gasteiger partial charge is 0.410 e. The van der Waals surface area contributed by atoms with E-state index < -0.39 is 11.5 Å². The van der Waals surface area contributed by atoms with E-state index in [4.69, 9.17) is 4.74 Å². The first-order chi connectivity index (χ1) is 10.6. The van der Waals surface area contributed by atoms with E-state index in [0.717, 1.165) is 25.5 Å². The van der Waals surface area contributed by atoms with Gasteiger partial charge in [0.25, 0.3) is 5.92 Å².